The molecule has 0 bridgehead atoms. The van der Waals surface area contributed by atoms with Crippen molar-refractivity contribution in [3.63, 3.8) is 0 Å². The molecule has 1 aliphatic rings. The van der Waals surface area contributed by atoms with Gasteiger partial charge in [0.2, 0.25) is 0 Å². The molecule has 0 saturated carbocycles. The first kappa shape index (κ1) is 14.6. The van der Waals surface area contributed by atoms with Crippen molar-refractivity contribution in [1.82, 2.24) is 5.32 Å². The van der Waals surface area contributed by atoms with E-state index in [1.165, 1.54) is 36.8 Å². The SMILES string of the molecule is CCCCCCC(Br)c1ccc2c(c1)C(=O)NCC2. The third kappa shape index (κ3) is 3.82. The van der Waals surface area contributed by atoms with Crippen LogP contribution in [-0.4, -0.2) is 12.5 Å². The van der Waals surface area contributed by atoms with Gasteiger partial charge in [-0.15, -0.1) is 0 Å². The predicted molar refractivity (Wildman–Crippen MR) is 82.9 cm³/mol. The minimum atomic E-state index is 0.0776. The molecule has 1 amide bonds. The van der Waals surface area contributed by atoms with E-state index in [4.69, 9.17) is 0 Å². The summed E-state index contributed by atoms with van der Waals surface area (Å²) in [5, 5.41) is 2.91. The number of amides is 1. The average molecular weight is 324 g/mol. The van der Waals surface area contributed by atoms with E-state index in [2.05, 4.69) is 46.4 Å². The molecule has 0 saturated heterocycles. The summed E-state index contributed by atoms with van der Waals surface area (Å²) in [7, 11) is 0. The molecule has 1 atom stereocenters. The lowest BCUT2D eigenvalue weighted by Gasteiger charge is -2.18. The second kappa shape index (κ2) is 7.09. The van der Waals surface area contributed by atoms with E-state index >= 15 is 0 Å². The Kier molecular flexibility index (Phi) is 5.44. The summed E-state index contributed by atoms with van der Waals surface area (Å²) in [5.41, 5.74) is 3.27. The molecule has 0 spiro atoms. The minimum absolute atomic E-state index is 0.0776. The van der Waals surface area contributed by atoms with Gasteiger partial charge in [-0.05, 0) is 30.0 Å². The number of nitrogens with one attached hydrogen (secondary N) is 1. The second-order valence-corrected chi connectivity index (χ2v) is 6.34. The Hall–Kier alpha value is -0.830. The number of carbonyl (C=O) groups excluding carboxylic acids is 1. The maximum absolute atomic E-state index is 11.8. The van der Waals surface area contributed by atoms with Gasteiger partial charge < -0.3 is 5.32 Å². The van der Waals surface area contributed by atoms with Crippen LogP contribution in [0.4, 0.5) is 0 Å². The molecule has 0 radical (unpaired) electrons. The van der Waals surface area contributed by atoms with Gasteiger partial charge in [-0.3, -0.25) is 4.79 Å². The largest absolute Gasteiger partial charge is 0.352 e. The summed E-state index contributed by atoms with van der Waals surface area (Å²) in [6.07, 6.45) is 7.21. The molecule has 3 heteroatoms. The Balaban J connectivity index is 2.00. The third-order valence-corrected chi connectivity index (χ3v) is 4.72. The molecule has 1 N–H and O–H groups in total. The first-order valence-electron chi connectivity index (χ1n) is 7.27. The summed E-state index contributed by atoms with van der Waals surface area (Å²) in [5.74, 6) is 0.0776. The monoisotopic (exact) mass is 323 g/mol. The number of fused-ring (bicyclic) bond motifs is 1. The first-order valence-corrected chi connectivity index (χ1v) is 8.19. The first-order chi connectivity index (χ1) is 9.22. The second-order valence-electron chi connectivity index (χ2n) is 5.24. The van der Waals surface area contributed by atoms with E-state index in [1.807, 2.05) is 0 Å². The van der Waals surface area contributed by atoms with Gasteiger partial charge in [-0.1, -0.05) is 60.7 Å². The molecule has 1 aliphatic heterocycles. The molecule has 0 fully saturated rings. The van der Waals surface area contributed by atoms with E-state index in [0.29, 0.717) is 4.83 Å². The Bertz CT molecular complexity index is 444. The number of hydrogen-bond acceptors (Lipinski definition) is 1. The average Bonchev–Trinajstić information content (AvgIpc) is 2.43. The zero-order valence-electron chi connectivity index (χ0n) is 11.5. The fraction of sp³-hybridized carbons (Fsp3) is 0.562. The number of rotatable bonds is 6. The highest BCUT2D eigenvalue weighted by Crippen LogP contribution is 2.30. The molecule has 19 heavy (non-hydrogen) atoms. The number of halogens is 1. The van der Waals surface area contributed by atoms with Crippen molar-refractivity contribution in [2.24, 2.45) is 0 Å². The molecule has 0 aliphatic carbocycles. The van der Waals surface area contributed by atoms with Crippen LogP contribution in [0.2, 0.25) is 0 Å². The summed E-state index contributed by atoms with van der Waals surface area (Å²) < 4.78 is 0. The van der Waals surface area contributed by atoms with Gasteiger partial charge in [0.15, 0.2) is 0 Å². The molecule has 1 aromatic carbocycles. The summed E-state index contributed by atoms with van der Waals surface area (Å²) >= 11 is 3.75. The third-order valence-electron chi connectivity index (χ3n) is 3.73. The minimum Gasteiger partial charge on any atom is -0.352 e. The molecular formula is C16H22BrNO. The van der Waals surface area contributed by atoms with Crippen LogP contribution in [0.5, 0.6) is 0 Å². The van der Waals surface area contributed by atoms with Crippen molar-refractivity contribution in [2.45, 2.75) is 50.3 Å². The highest BCUT2D eigenvalue weighted by Gasteiger charge is 2.18. The quantitative estimate of drug-likeness (QED) is 0.611. The molecule has 2 nitrogen and oxygen atoms in total. The van der Waals surface area contributed by atoms with Gasteiger partial charge in [0.1, 0.15) is 0 Å². The lowest BCUT2D eigenvalue weighted by Crippen LogP contribution is -2.31. The zero-order valence-corrected chi connectivity index (χ0v) is 13.1. The van der Waals surface area contributed by atoms with Crippen molar-refractivity contribution in [1.29, 1.82) is 0 Å². The van der Waals surface area contributed by atoms with Gasteiger partial charge in [0.25, 0.3) is 5.91 Å². The van der Waals surface area contributed by atoms with Crippen LogP contribution in [0.3, 0.4) is 0 Å². The van der Waals surface area contributed by atoms with Crippen LogP contribution in [0.15, 0.2) is 18.2 Å². The summed E-state index contributed by atoms with van der Waals surface area (Å²) in [6, 6.07) is 6.34. The lowest BCUT2D eigenvalue weighted by atomic mass is 9.95. The maximum Gasteiger partial charge on any atom is 0.251 e. The molecule has 2 rings (SSSR count). The molecular weight excluding hydrogens is 302 g/mol. The van der Waals surface area contributed by atoms with Crippen molar-refractivity contribution < 1.29 is 4.79 Å². The number of hydrogen-bond donors (Lipinski definition) is 1. The van der Waals surface area contributed by atoms with Gasteiger partial charge in [-0.25, -0.2) is 0 Å². The van der Waals surface area contributed by atoms with Crippen LogP contribution in [0.25, 0.3) is 0 Å². The van der Waals surface area contributed by atoms with Gasteiger partial charge >= 0.3 is 0 Å². The van der Waals surface area contributed by atoms with Crippen molar-refractivity contribution in [3.05, 3.63) is 34.9 Å². The van der Waals surface area contributed by atoms with Crippen molar-refractivity contribution in [3.8, 4) is 0 Å². The highest BCUT2D eigenvalue weighted by atomic mass is 79.9. The number of benzene rings is 1. The molecule has 1 unspecified atom stereocenters. The van der Waals surface area contributed by atoms with Crippen LogP contribution in [-0.2, 0) is 6.42 Å². The van der Waals surface area contributed by atoms with Gasteiger partial charge in [0.05, 0.1) is 0 Å². The summed E-state index contributed by atoms with van der Waals surface area (Å²) in [4.78, 5) is 12.2. The normalized spacial score (nSPS) is 15.8. The number of unbranched alkanes of at least 4 members (excludes halogenated alkanes) is 3. The predicted octanol–water partition coefficient (Wildman–Crippen LogP) is 4.38. The van der Waals surface area contributed by atoms with Gasteiger partial charge in [-0.2, -0.15) is 0 Å². The Morgan fingerprint density at radius 3 is 2.95 bits per heavy atom. The van der Waals surface area contributed by atoms with Crippen LogP contribution in [0.1, 0.15) is 65.3 Å². The van der Waals surface area contributed by atoms with Gasteiger partial charge in [0, 0.05) is 16.9 Å². The number of alkyl halides is 1. The Morgan fingerprint density at radius 2 is 2.16 bits per heavy atom. The van der Waals surface area contributed by atoms with E-state index in [0.717, 1.165) is 24.9 Å². The maximum atomic E-state index is 11.8. The number of carbonyl (C=O) groups is 1. The molecule has 1 aromatic rings. The Labute approximate surface area is 124 Å². The van der Waals surface area contributed by atoms with Crippen LogP contribution < -0.4 is 5.32 Å². The molecule has 1 heterocycles. The van der Waals surface area contributed by atoms with Crippen LogP contribution in [0, 0.1) is 0 Å². The molecule has 104 valence electrons. The van der Waals surface area contributed by atoms with Crippen molar-refractivity contribution >= 4 is 21.8 Å². The highest BCUT2D eigenvalue weighted by molar-refractivity contribution is 9.09. The lowest BCUT2D eigenvalue weighted by molar-refractivity contribution is 0.0946. The standard InChI is InChI=1S/C16H22BrNO/c1-2-3-4-5-6-15(17)13-8-7-12-9-10-18-16(19)14(12)11-13/h7-8,11,15H,2-6,9-10H2,1H3,(H,18,19). The van der Waals surface area contributed by atoms with E-state index in [-0.39, 0.29) is 5.91 Å². The van der Waals surface area contributed by atoms with Crippen LogP contribution >= 0.6 is 15.9 Å². The van der Waals surface area contributed by atoms with E-state index in [9.17, 15) is 4.79 Å². The summed E-state index contributed by atoms with van der Waals surface area (Å²) in [6.45, 7) is 2.99. The fourth-order valence-electron chi connectivity index (χ4n) is 2.54. The zero-order chi connectivity index (χ0) is 13.7. The van der Waals surface area contributed by atoms with E-state index in [1.54, 1.807) is 0 Å². The fourth-order valence-corrected chi connectivity index (χ4v) is 3.15. The topological polar surface area (TPSA) is 29.1 Å². The van der Waals surface area contributed by atoms with E-state index < -0.39 is 0 Å². The van der Waals surface area contributed by atoms with Crippen molar-refractivity contribution in [2.75, 3.05) is 6.54 Å². The molecule has 0 aromatic heterocycles. The smallest absolute Gasteiger partial charge is 0.251 e. The Morgan fingerprint density at radius 1 is 1.32 bits per heavy atom.